The number of aryl methyl sites for hydroxylation is 1. The van der Waals surface area contributed by atoms with Crippen LogP contribution in [0.3, 0.4) is 0 Å². The van der Waals surface area contributed by atoms with Crippen LogP contribution in [0.2, 0.25) is 0 Å². The monoisotopic (exact) mass is 410 g/mol. The van der Waals surface area contributed by atoms with Crippen LogP contribution in [0.5, 0.6) is 0 Å². The van der Waals surface area contributed by atoms with Crippen molar-refractivity contribution in [3.8, 4) is 0 Å². The van der Waals surface area contributed by atoms with Crippen molar-refractivity contribution in [2.45, 2.75) is 65.5 Å². The van der Waals surface area contributed by atoms with Gasteiger partial charge in [-0.1, -0.05) is 52.0 Å². The summed E-state index contributed by atoms with van der Waals surface area (Å²) in [5.74, 6) is 1.49. The van der Waals surface area contributed by atoms with Gasteiger partial charge in [-0.25, -0.2) is 4.98 Å². The molecule has 0 saturated carbocycles. The van der Waals surface area contributed by atoms with Gasteiger partial charge >= 0.3 is 0 Å². The highest BCUT2D eigenvalue weighted by Crippen LogP contribution is 2.35. The van der Waals surface area contributed by atoms with Crippen molar-refractivity contribution in [1.82, 2.24) is 9.97 Å². The van der Waals surface area contributed by atoms with Gasteiger partial charge < -0.3 is 9.88 Å². The second-order valence-electron chi connectivity index (χ2n) is 9.80. The Labute approximate surface area is 177 Å². The molecule has 2 aromatic heterocycles. The zero-order valence-corrected chi connectivity index (χ0v) is 19.0. The number of quaternary nitrogens is 1. The van der Waals surface area contributed by atoms with E-state index in [-0.39, 0.29) is 11.0 Å². The molecule has 0 saturated heterocycles. The lowest BCUT2D eigenvalue weighted by molar-refractivity contribution is -0.908. The molecule has 154 valence electrons. The van der Waals surface area contributed by atoms with Crippen molar-refractivity contribution in [1.29, 1.82) is 0 Å². The van der Waals surface area contributed by atoms with Gasteiger partial charge in [0.15, 0.2) is 5.82 Å². The van der Waals surface area contributed by atoms with Crippen LogP contribution >= 0.6 is 11.3 Å². The van der Waals surface area contributed by atoms with E-state index in [9.17, 15) is 4.79 Å². The molecule has 2 N–H and O–H groups in total. The Kier molecular flexibility index (Phi) is 5.38. The van der Waals surface area contributed by atoms with E-state index in [1.807, 2.05) is 0 Å². The molecule has 0 aliphatic heterocycles. The highest BCUT2D eigenvalue weighted by atomic mass is 32.1. The Balaban J connectivity index is 1.51. The largest absolute Gasteiger partial charge is 0.327 e. The number of nitrogens with one attached hydrogen (secondary N) is 2. The molecule has 1 aliphatic rings. The van der Waals surface area contributed by atoms with E-state index in [1.54, 1.807) is 11.3 Å². The van der Waals surface area contributed by atoms with E-state index >= 15 is 0 Å². The summed E-state index contributed by atoms with van der Waals surface area (Å²) in [6.07, 6.45) is 3.26. The van der Waals surface area contributed by atoms with Crippen molar-refractivity contribution in [2.75, 3.05) is 7.05 Å². The molecule has 0 amide bonds. The molecular formula is C24H32N3OS+. The van der Waals surface area contributed by atoms with E-state index < -0.39 is 0 Å². The molecule has 0 spiro atoms. The maximum atomic E-state index is 12.8. The zero-order chi connectivity index (χ0) is 20.8. The zero-order valence-electron chi connectivity index (χ0n) is 18.2. The minimum absolute atomic E-state index is 0.0411. The number of hydrogen-bond acceptors (Lipinski definition) is 3. The topological polar surface area (TPSA) is 50.2 Å². The number of rotatable bonds is 4. The molecule has 4 rings (SSSR count). The highest BCUT2D eigenvalue weighted by Gasteiger charge is 2.23. The molecule has 5 heteroatoms. The van der Waals surface area contributed by atoms with E-state index in [0.29, 0.717) is 12.5 Å². The van der Waals surface area contributed by atoms with Crippen molar-refractivity contribution in [2.24, 2.45) is 5.92 Å². The normalized spacial score (nSPS) is 18.0. The average Bonchev–Trinajstić information content (AvgIpc) is 2.98. The SMILES string of the molecule is C[C@H]1CCc2c(sc3nc(C[NH+](C)Cc4ccc(C(C)(C)C)cc4)[nH]c(=O)c23)C1. The molecule has 1 unspecified atom stereocenters. The number of aromatic amines is 1. The van der Waals surface area contributed by atoms with Gasteiger partial charge in [0.05, 0.1) is 12.4 Å². The first-order valence-corrected chi connectivity index (χ1v) is 11.5. The maximum Gasteiger partial charge on any atom is 0.260 e. The third-order valence-electron chi connectivity index (χ3n) is 6.01. The van der Waals surface area contributed by atoms with Gasteiger partial charge in [-0.3, -0.25) is 4.79 Å². The first-order valence-electron chi connectivity index (χ1n) is 10.6. The predicted molar refractivity (Wildman–Crippen MR) is 121 cm³/mol. The van der Waals surface area contributed by atoms with Crippen molar-refractivity contribution in [3.05, 3.63) is 62.0 Å². The third-order valence-corrected chi connectivity index (χ3v) is 7.16. The fraction of sp³-hybridized carbons (Fsp3) is 0.500. The quantitative estimate of drug-likeness (QED) is 0.690. The van der Waals surface area contributed by atoms with Crippen LogP contribution < -0.4 is 10.5 Å². The molecule has 3 aromatic rings. The lowest BCUT2D eigenvalue weighted by Crippen LogP contribution is -3.06. The van der Waals surface area contributed by atoms with Crippen molar-refractivity contribution < 1.29 is 4.90 Å². The molecule has 2 atom stereocenters. The fourth-order valence-corrected chi connectivity index (χ4v) is 5.70. The molecule has 4 nitrogen and oxygen atoms in total. The molecule has 1 aromatic carbocycles. The van der Waals surface area contributed by atoms with Gasteiger partial charge in [0.1, 0.15) is 17.9 Å². The molecule has 1 aliphatic carbocycles. The fourth-order valence-electron chi connectivity index (χ4n) is 4.30. The van der Waals surface area contributed by atoms with Crippen LogP contribution in [-0.2, 0) is 31.3 Å². The van der Waals surface area contributed by atoms with Gasteiger partial charge in [0.25, 0.3) is 5.56 Å². The summed E-state index contributed by atoms with van der Waals surface area (Å²) >= 11 is 1.73. The molecule has 0 radical (unpaired) electrons. The number of benzene rings is 1. The second-order valence-corrected chi connectivity index (χ2v) is 10.9. The van der Waals surface area contributed by atoms with Gasteiger partial charge in [0.2, 0.25) is 0 Å². The molecule has 0 fully saturated rings. The lowest BCUT2D eigenvalue weighted by Gasteiger charge is -2.19. The van der Waals surface area contributed by atoms with Crippen LogP contribution in [0.1, 0.15) is 61.5 Å². The smallest absolute Gasteiger partial charge is 0.260 e. The van der Waals surface area contributed by atoms with Crippen LogP contribution in [0.25, 0.3) is 10.2 Å². The van der Waals surface area contributed by atoms with Crippen molar-refractivity contribution >= 4 is 21.6 Å². The Bertz CT molecular complexity index is 1070. The number of aromatic nitrogens is 2. The van der Waals surface area contributed by atoms with E-state index in [0.717, 1.165) is 35.4 Å². The predicted octanol–water partition coefficient (Wildman–Crippen LogP) is 3.62. The van der Waals surface area contributed by atoms with Crippen molar-refractivity contribution in [3.63, 3.8) is 0 Å². The number of nitrogens with zero attached hydrogens (tertiary/aromatic N) is 1. The Morgan fingerprint density at radius 1 is 1.21 bits per heavy atom. The number of H-pyrrole nitrogens is 1. The molecular weight excluding hydrogens is 378 g/mol. The van der Waals surface area contributed by atoms with Crippen LogP contribution in [0.4, 0.5) is 0 Å². The summed E-state index contributed by atoms with van der Waals surface area (Å²) in [6, 6.07) is 8.90. The van der Waals surface area contributed by atoms with Gasteiger partial charge in [-0.05, 0) is 41.7 Å². The maximum absolute atomic E-state index is 12.8. The van der Waals surface area contributed by atoms with E-state index in [4.69, 9.17) is 4.98 Å². The van der Waals surface area contributed by atoms with Crippen LogP contribution in [-0.4, -0.2) is 17.0 Å². The Morgan fingerprint density at radius 2 is 1.93 bits per heavy atom. The molecule has 2 heterocycles. The third kappa shape index (κ3) is 4.31. The highest BCUT2D eigenvalue weighted by molar-refractivity contribution is 7.18. The molecule has 29 heavy (non-hydrogen) atoms. The van der Waals surface area contributed by atoms with E-state index in [1.165, 1.54) is 32.9 Å². The summed E-state index contributed by atoms with van der Waals surface area (Å²) in [4.78, 5) is 24.3. The summed E-state index contributed by atoms with van der Waals surface area (Å²) in [5, 5.41) is 0.844. The van der Waals surface area contributed by atoms with Crippen LogP contribution in [0, 0.1) is 5.92 Å². The van der Waals surface area contributed by atoms with Gasteiger partial charge in [-0.15, -0.1) is 11.3 Å². The number of hydrogen-bond donors (Lipinski definition) is 2. The standard InChI is InChI=1S/C24H31N3OS/c1-15-6-11-18-19(12-15)29-23-21(18)22(28)25-20(26-23)14-27(5)13-16-7-9-17(10-8-16)24(2,3)4/h7-10,15H,6,11-14H2,1-5H3,(H,25,26,28)/p+1/t15-/m0/s1. The van der Waals surface area contributed by atoms with E-state index in [2.05, 4.69) is 64.0 Å². The minimum atomic E-state index is 0.0411. The van der Waals surface area contributed by atoms with Gasteiger partial charge in [-0.2, -0.15) is 0 Å². The Hall–Kier alpha value is -1.98. The summed E-state index contributed by atoms with van der Waals surface area (Å²) in [6.45, 7) is 10.6. The number of fused-ring (bicyclic) bond motifs is 3. The average molecular weight is 411 g/mol. The minimum Gasteiger partial charge on any atom is -0.327 e. The first kappa shape index (κ1) is 20.3. The lowest BCUT2D eigenvalue weighted by atomic mass is 9.87. The summed E-state index contributed by atoms with van der Waals surface area (Å²) in [5.41, 5.74) is 4.13. The van der Waals surface area contributed by atoms with Gasteiger partial charge in [0, 0.05) is 10.4 Å². The van der Waals surface area contributed by atoms with Crippen LogP contribution in [0.15, 0.2) is 29.1 Å². The second kappa shape index (κ2) is 7.69. The summed E-state index contributed by atoms with van der Waals surface area (Å²) < 4.78 is 0. The Morgan fingerprint density at radius 3 is 2.62 bits per heavy atom. The molecule has 0 bridgehead atoms. The number of thiophene rings is 1. The first-order chi connectivity index (χ1) is 13.7. The summed E-state index contributed by atoms with van der Waals surface area (Å²) in [7, 11) is 2.16.